The van der Waals surface area contributed by atoms with Crippen LogP contribution >= 0.6 is 0 Å². The number of hydrogen-bond acceptors (Lipinski definition) is 3. The number of nitrogens with zero attached hydrogens (tertiary/aromatic N) is 1. The molecule has 1 saturated heterocycles. The fourth-order valence-electron chi connectivity index (χ4n) is 1.48. The van der Waals surface area contributed by atoms with Crippen molar-refractivity contribution in [2.75, 3.05) is 26.2 Å². The SMILES string of the molecule is CCNC1CCN(OCC)C1. The molecule has 1 aliphatic heterocycles. The number of nitrogens with one attached hydrogen (secondary N) is 1. The number of hydroxylamine groups is 2. The molecule has 0 radical (unpaired) electrons. The molecule has 1 atom stereocenters. The zero-order valence-electron chi connectivity index (χ0n) is 7.47. The predicted octanol–water partition coefficient (Wildman–Crippen LogP) is 0.622. The molecule has 1 N–H and O–H groups in total. The van der Waals surface area contributed by atoms with Crippen molar-refractivity contribution < 1.29 is 4.84 Å². The third-order valence-electron chi connectivity index (χ3n) is 1.96. The van der Waals surface area contributed by atoms with Gasteiger partial charge in [-0.1, -0.05) is 6.92 Å². The molecule has 1 aliphatic rings. The molecule has 0 bridgehead atoms. The van der Waals surface area contributed by atoms with Crippen molar-refractivity contribution >= 4 is 0 Å². The van der Waals surface area contributed by atoms with E-state index in [1.54, 1.807) is 0 Å². The Morgan fingerprint density at radius 3 is 3.00 bits per heavy atom. The van der Waals surface area contributed by atoms with E-state index in [0.717, 1.165) is 26.2 Å². The lowest BCUT2D eigenvalue weighted by Gasteiger charge is -2.14. The quantitative estimate of drug-likeness (QED) is 0.649. The Balaban J connectivity index is 2.12. The standard InChI is InChI=1S/C8H18N2O/c1-3-9-8-5-6-10(7-8)11-4-2/h8-9H,3-7H2,1-2H3. The van der Waals surface area contributed by atoms with Crippen LogP contribution in [0.1, 0.15) is 20.3 Å². The third kappa shape index (κ3) is 2.77. The van der Waals surface area contributed by atoms with Crippen molar-refractivity contribution in [1.82, 2.24) is 10.4 Å². The Hall–Kier alpha value is -0.120. The van der Waals surface area contributed by atoms with Crippen molar-refractivity contribution in [3.05, 3.63) is 0 Å². The molecule has 3 heteroatoms. The number of rotatable bonds is 4. The van der Waals surface area contributed by atoms with Crippen molar-refractivity contribution in [2.45, 2.75) is 26.3 Å². The zero-order valence-corrected chi connectivity index (χ0v) is 7.47. The number of hydrogen-bond donors (Lipinski definition) is 1. The normalized spacial score (nSPS) is 26.2. The Morgan fingerprint density at radius 2 is 2.36 bits per heavy atom. The molecule has 3 nitrogen and oxygen atoms in total. The molecule has 1 fully saturated rings. The third-order valence-corrected chi connectivity index (χ3v) is 1.96. The van der Waals surface area contributed by atoms with Gasteiger partial charge in [0.05, 0.1) is 6.61 Å². The average molecular weight is 158 g/mol. The van der Waals surface area contributed by atoms with E-state index in [9.17, 15) is 0 Å². The Labute approximate surface area is 68.7 Å². The highest BCUT2D eigenvalue weighted by Gasteiger charge is 2.21. The van der Waals surface area contributed by atoms with Crippen LogP contribution in [0, 0.1) is 0 Å². The second kappa shape index (κ2) is 4.70. The van der Waals surface area contributed by atoms with Gasteiger partial charge in [0.1, 0.15) is 0 Å². The minimum Gasteiger partial charge on any atom is -0.313 e. The molecule has 0 amide bonds. The summed E-state index contributed by atoms with van der Waals surface area (Å²) in [5.74, 6) is 0. The highest BCUT2D eigenvalue weighted by atomic mass is 16.7. The van der Waals surface area contributed by atoms with Gasteiger partial charge in [0.2, 0.25) is 0 Å². The molecule has 0 aliphatic carbocycles. The van der Waals surface area contributed by atoms with Crippen LogP contribution in [0.4, 0.5) is 0 Å². The zero-order chi connectivity index (χ0) is 8.10. The van der Waals surface area contributed by atoms with Gasteiger partial charge in [0.15, 0.2) is 0 Å². The highest BCUT2D eigenvalue weighted by Crippen LogP contribution is 2.08. The van der Waals surface area contributed by atoms with Crippen molar-refractivity contribution in [2.24, 2.45) is 0 Å². The summed E-state index contributed by atoms with van der Waals surface area (Å²) in [5, 5.41) is 5.46. The molecule has 0 aromatic heterocycles. The second-order valence-corrected chi connectivity index (χ2v) is 2.85. The lowest BCUT2D eigenvalue weighted by atomic mass is 10.3. The summed E-state index contributed by atoms with van der Waals surface area (Å²) in [6.07, 6.45) is 1.22. The molecule has 11 heavy (non-hydrogen) atoms. The predicted molar refractivity (Wildman–Crippen MR) is 45.3 cm³/mol. The van der Waals surface area contributed by atoms with Gasteiger partial charge in [-0.15, -0.1) is 0 Å². The Morgan fingerprint density at radius 1 is 1.55 bits per heavy atom. The van der Waals surface area contributed by atoms with Gasteiger partial charge in [-0.2, -0.15) is 5.06 Å². The summed E-state index contributed by atoms with van der Waals surface area (Å²) in [5.41, 5.74) is 0. The van der Waals surface area contributed by atoms with Gasteiger partial charge in [-0.3, -0.25) is 4.84 Å². The maximum Gasteiger partial charge on any atom is 0.0656 e. The minimum absolute atomic E-state index is 0.645. The molecule has 1 unspecified atom stereocenters. The summed E-state index contributed by atoms with van der Waals surface area (Å²) >= 11 is 0. The van der Waals surface area contributed by atoms with Crippen LogP contribution in [-0.4, -0.2) is 37.3 Å². The van der Waals surface area contributed by atoms with Crippen LogP contribution in [0.2, 0.25) is 0 Å². The molecule has 0 aromatic carbocycles. The fraction of sp³-hybridized carbons (Fsp3) is 1.00. The topological polar surface area (TPSA) is 24.5 Å². The summed E-state index contributed by atoms with van der Waals surface area (Å²) in [7, 11) is 0. The lowest BCUT2D eigenvalue weighted by molar-refractivity contribution is -0.138. The van der Waals surface area contributed by atoms with E-state index < -0.39 is 0 Å². The maximum atomic E-state index is 5.37. The van der Waals surface area contributed by atoms with Crippen LogP contribution in [-0.2, 0) is 4.84 Å². The first-order valence-corrected chi connectivity index (χ1v) is 4.48. The van der Waals surface area contributed by atoms with Gasteiger partial charge < -0.3 is 5.32 Å². The molecule has 0 aromatic rings. The molecule has 1 rings (SSSR count). The molecular weight excluding hydrogens is 140 g/mol. The Bertz CT molecular complexity index is 96.3. The summed E-state index contributed by atoms with van der Waals surface area (Å²) < 4.78 is 0. The summed E-state index contributed by atoms with van der Waals surface area (Å²) in [6, 6.07) is 0.645. The van der Waals surface area contributed by atoms with Crippen LogP contribution in [0.5, 0.6) is 0 Å². The van der Waals surface area contributed by atoms with E-state index >= 15 is 0 Å². The first kappa shape index (κ1) is 8.97. The molecule has 66 valence electrons. The molecular formula is C8H18N2O. The maximum absolute atomic E-state index is 5.37. The minimum atomic E-state index is 0.645. The van der Waals surface area contributed by atoms with E-state index in [1.807, 2.05) is 12.0 Å². The van der Waals surface area contributed by atoms with Crippen LogP contribution in [0.3, 0.4) is 0 Å². The van der Waals surface area contributed by atoms with E-state index in [-0.39, 0.29) is 0 Å². The van der Waals surface area contributed by atoms with Crippen molar-refractivity contribution in [3.63, 3.8) is 0 Å². The van der Waals surface area contributed by atoms with Crippen LogP contribution < -0.4 is 5.32 Å². The van der Waals surface area contributed by atoms with Gasteiger partial charge in [-0.05, 0) is 19.9 Å². The van der Waals surface area contributed by atoms with E-state index in [1.165, 1.54) is 6.42 Å². The molecule has 0 spiro atoms. The largest absolute Gasteiger partial charge is 0.313 e. The first-order chi connectivity index (χ1) is 5.36. The summed E-state index contributed by atoms with van der Waals surface area (Å²) in [4.78, 5) is 5.37. The van der Waals surface area contributed by atoms with Gasteiger partial charge >= 0.3 is 0 Å². The highest BCUT2D eigenvalue weighted by molar-refractivity contribution is 4.76. The lowest BCUT2D eigenvalue weighted by Crippen LogP contribution is -2.32. The van der Waals surface area contributed by atoms with Gasteiger partial charge in [0.25, 0.3) is 0 Å². The monoisotopic (exact) mass is 158 g/mol. The average Bonchev–Trinajstić information content (AvgIpc) is 2.38. The van der Waals surface area contributed by atoms with Crippen molar-refractivity contribution in [1.29, 1.82) is 0 Å². The van der Waals surface area contributed by atoms with E-state index in [2.05, 4.69) is 12.2 Å². The van der Waals surface area contributed by atoms with Crippen LogP contribution in [0.15, 0.2) is 0 Å². The summed E-state index contributed by atoms with van der Waals surface area (Å²) in [6.45, 7) is 8.14. The van der Waals surface area contributed by atoms with E-state index in [4.69, 9.17) is 4.84 Å². The van der Waals surface area contributed by atoms with Crippen molar-refractivity contribution in [3.8, 4) is 0 Å². The van der Waals surface area contributed by atoms with E-state index in [0.29, 0.717) is 6.04 Å². The van der Waals surface area contributed by atoms with Gasteiger partial charge in [-0.25, -0.2) is 0 Å². The molecule has 1 heterocycles. The fourth-order valence-corrected chi connectivity index (χ4v) is 1.48. The molecule has 0 saturated carbocycles. The Kier molecular flexibility index (Phi) is 3.83. The number of likely N-dealkylation sites (N-methyl/N-ethyl adjacent to an activating group) is 1. The first-order valence-electron chi connectivity index (χ1n) is 4.48. The second-order valence-electron chi connectivity index (χ2n) is 2.85. The smallest absolute Gasteiger partial charge is 0.0656 e. The van der Waals surface area contributed by atoms with Gasteiger partial charge in [0, 0.05) is 19.1 Å². The van der Waals surface area contributed by atoms with Crippen LogP contribution in [0.25, 0.3) is 0 Å².